The number of ether oxygens (including phenoxy) is 1. The summed E-state index contributed by atoms with van der Waals surface area (Å²) in [5, 5.41) is 0. The molecule has 6 nitrogen and oxygen atoms in total. The van der Waals surface area contributed by atoms with E-state index in [0.29, 0.717) is 5.52 Å². The van der Waals surface area contributed by atoms with E-state index in [4.69, 9.17) is 4.74 Å². The summed E-state index contributed by atoms with van der Waals surface area (Å²) in [5.74, 6) is 0.829. The molecule has 164 valence electrons. The average Bonchev–Trinajstić information content (AvgIpc) is 3.02. The van der Waals surface area contributed by atoms with Crippen LogP contribution < -0.4 is 5.69 Å². The van der Waals surface area contributed by atoms with Gasteiger partial charge in [-0.3, -0.25) is 4.57 Å². The van der Waals surface area contributed by atoms with Gasteiger partial charge in [-0.25, -0.2) is 9.59 Å². The molecule has 0 atom stereocenters. The Balaban J connectivity index is 1.47. The zero-order valence-electron chi connectivity index (χ0n) is 18.2. The second-order valence-corrected chi connectivity index (χ2v) is 8.92. The van der Waals surface area contributed by atoms with Crippen LogP contribution in [0.15, 0.2) is 29.1 Å². The quantitative estimate of drug-likeness (QED) is 0.722. The maximum atomic E-state index is 13.2. The fourth-order valence-electron chi connectivity index (χ4n) is 5.34. The third-order valence-corrected chi connectivity index (χ3v) is 6.89. The van der Waals surface area contributed by atoms with Crippen molar-refractivity contribution in [2.24, 2.45) is 5.92 Å². The number of carbonyl (C=O) groups excluding carboxylic acids is 1. The Morgan fingerprint density at radius 1 is 0.967 bits per heavy atom. The summed E-state index contributed by atoms with van der Waals surface area (Å²) in [7, 11) is 0. The van der Waals surface area contributed by atoms with Gasteiger partial charge in [0, 0.05) is 25.7 Å². The Hall–Kier alpha value is -2.08. The highest BCUT2D eigenvalue weighted by atomic mass is 16.5. The van der Waals surface area contributed by atoms with Crippen LogP contribution in [0.3, 0.4) is 0 Å². The Morgan fingerprint density at radius 3 is 2.27 bits per heavy atom. The van der Waals surface area contributed by atoms with Crippen LogP contribution in [0.5, 0.6) is 0 Å². The van der Waals surface area contributed by atoms with Crippen LogP contribution in [-0.2, 0) is 4.74 Å². The Morgan fingerprint density at radius 2 is 1.60 bits per heavy atom. The summed E-state index contributed by atoms with van der Waals surface area (Å²) in [5.41, 5.74) is 1.19. The average molecular weight is 414 g/mol. The molecule has 30 heavy (non-hydrogen) atoms. The van der Waals surface area contributed by atoms with E-state index in [1.807, 2.05) is 28.8 Å². The van der Waals surface area contributed by atoms with Gasteiger partial charge in [0.2, 0.25) is 0 Å². The molecule has 4 rings (SSSR count). The molecule has 1 saturated carbocycles. The number of likely N-dealkylation sites (tertiary alicyclic amines) is 1. The van der Waals surface area contributed by atoms with Crippen molar-refractivity contribution in [3.8, 4) is 0 Å². The molecule has 0 spiro atoms. The number of piperidine rings is 1. The van der Waals surface area contributed by atoms with Crippen LogP contribution in [0.4, 0.5) is 4.79 Å². The molecule has 0 bridgehead atoms. The van der Waals surface area contributed by atoms with E-state index in [2.05, 4.69) is 4.90 Å². The molecule has 1 aromatic carbocycles. The molecule has 1 saturated heterocycles. The Kier molecular flexibility index (Phi) is 6.93. The number of benzene rings is 1. The molecular formula is C24H35N3O3. The minimum atomic E-state index is -0.584. The summed E-state index contributed by atoms with van der Waals surface area (Å²) in [4.78, 5) is 28.2. The van der Waals surface area contributed by atoms with Gasteiger partial charge >= 0.3 is 11.8 Å². The Bertz CT molecular complexity index is 900. The van der Waals surface area contributed by atoms with E-state index in [-0.39, 0.29) is 18.3 Å². The van der Waals surface area contributed by atoms with Crippen molar-refractivity contribution in [1.29, 1.82) is 0 Å². The van der Waals surface area contributed by atoms with Crippen molar-refractivity contribution in [3.63, 3.8) is 0 Å². The van der Waals surface area contributed by atoms with Crippen molar-refractivity contribution in [2.45, 2.75) is 70.8 Å². The first-order valence-electron chi connectivity index (χ1n) is 11.8. The maximum Gasteiger partial charge on any atom is 0.422 e. The van der Waals surface area contributed by atoms with Gasteiger partial charge in [0.05, 0.1) is 17.6 Å². The summed E-state index contributed by atoms with van der Waals surface area (Å²) in [6, 6.07) is 7.68. The number of rotatable bonds is 4. The molecule has 1 aliphatic heterocycles. The van der Waals surface area contributed by atoms with E-state index in [1.54, 1.807) is 6.92 Å². The van der Waals surface area contributed by atoms with Crippen molar-refractivity contribution < 1.29 is 9.53 Å². The zero-order valence-corrected chi connectivity index (χ0v) is 18.2. The molecule has 2 heterocycles. The fraction of sp³-hybridized carbons (Fsp3) is 0.667. The highest BCUT2D eigenvalue weighted by molar-refractivity contribution is 5.86. The van der Waals surface area contributed by atoms with Crippen molar-refractivity contribution >= 4 is 17.1 Å². The topological polar surface area (TPSA) is 56.5 Å². The lowest BCUT2D eigenvalue weighted by Gasteiger charge is -2.35. The van der Waals surface area contributed by atoms with Gasteiger partial charge in [-0.2, -0.15) is 4.57 Å². The van der Waals surface area contributed by atoms with Gasteiger partial charge in [0.25, 0.3) is 0 Å². The molecule has 0 radical (unpaired) electrons. The number of fused-ring (bicyclic) bond motifs is 1. The summed E-state index contributed by atoms with van der Waals surface area (Å²) in [6.07, 6.45) is 11.0. The third kappa shape index (κ3) is 4.48. The zero-order chi connectivity index (χ0) is 20.9. The number of hydrogen-bond donors (Lipinski definition) is 0. The molecule has 0 N–H and O–H groups in total. The highest BCUT2D eigenvalue weighted by Crippen LogP contribution is 2.28. The van der Waals surface area contributed by atoms with Gasteiger partial charge in [0.15, 0.2) is 0 Å². The summed E-state index contributed by atoms with van der Waals surface area (Å²) < 4.78 is 8.17. The van der Waals surface area contributed by atoms with Crippen LogP contribution in [0.25, 0.3) is 11.0 Å². The lowest BCUT2D eigenvalue weighted by molar-refractivity contribution is 0.147. The first-order valence-corrected chi connectivity index (χ1v) is 11.8. The first kappa shape index (κ1) is 21.2. The molecule has 2 aliphatic rings. The molecular weight excluding hydrogens is 378 g/mol. The monoisotopic (exact) mass is 413 g/mol. The predicted octanol–water partition coefficient (Wildman–Crippen LogP) is 4.81. The van der Waals surface area contributed by atoms with E-state index in [1.165, 1.54) is 56.1 Å². The molecule has 0 unspecified atom stereocenters. The van der Waals surface area contributed by atoms with Crippen LogP contribution >= 0.6 is 0 Å². The van der Waals surface area contributed by atoms with E-state index in [0.717, 1.165) is 37.4 Å². The minimum absolute atomic E-state index is 0.131. The van der Waals surface area contributed by atoms with Crippen molar-refractivity contribution in [1.82, 2.24) is 14.0 Å². The highest BCUT2D eigenvalue weighted by Gasteiger charge is 2.28. The smallest absolute Gasteiger partial charge is 0.422 e. The first-order chi connectivity index (χ1) is 14.7. The maximum absolute atomic E-state index is 13.2. The largest absolute Gasteiger partial charge is 0.449 e. The minimum Gasteiger partial charge on any atom is -0.449 e. The van der Waals surface area contributed by atoms with Crippen LogP contribution in [0.2, 0.25) is 0 Å². The number of hydrogen-bond acceptors (Lipinski definition) is 4. The third-order valence-electron chi connectivity index (χ3n) is 6.89. The fourth-order valence-corrected chi connectivity index (χ4v) is 5.34. The molecule has 2 fully saturated rings. The standard InChI is InChI=1S/C24H35N3O3/c1-2-30-24(29)27-22-13-9-8-12-21(22)26(23(27)28)20-14-16-25(17-15-20)18-19-10-6-4-3-5-7-11-19/h8-9,12-13,19-20H,2-7,10-11,14-18H2,1H3. The number of carbonyl (C=O) groups is 1. The normalized spacial score (nSPS) is 20.2. The SMILES string of the molecule is CCOC(=O)n1c(=O)n(C2CCN(CC3CCCCCCC3)CC2)c2ccccc21. The lowest BCUT2D eigenvalue weighted by Crippen LogP contribution is -2.40. The van der Waals surface area contributed by atoms with E-state index < -0.39 is 6.09 Å². The van der Waals surface area contributed by atoms with E-state index in [9.17, 15) is 9.59 Å². The van der Waals surface area contributed by atoms with Gasteiger partial charge in [0.1, 0.15) is 0 Å². The second kappa shape index (κ2) is 9.82. The van der Waals surface area contributed by atoms with Gasteiger partial charge < -0.3 is 9.64 Å². The molecule has 0 amide bonds. The number of nitrogens with zero attached hydrogens (tertiary/aromatic N) is 3. The van der Waals surface area contributed by atoms with Crippen LogP contribution in [0, 0.1) is 5.92 Å². The molecule has 2 aromatic rings. The predicted molar refractivity (Wildman–Crippen MR) is 119 cm³/mol. The van der Waals surface area contributed by atoms with Crippen LogP contribution in [0.1, 0.15) is 70.8 Å². The summed E-state index contributed by atoms with van der Waals surface area (Å²) >= 11 is 0. The van der Waals surface area contributed by atoms with Gasteiger partial charge in [-0.05, 0) is 50.7 Å². The van der Waals surface area contributed by atoms with Crippen molar-refractivity contribution in [3.05, 3.63) is 34.7 Å². The lowest BCUT2D eigenvalue weighted by atomic mass is 9.90. The number of para-hydroxylation sites is 2. The molecule has 6 heteroatoms. The van der Waals surface area contributed by atoms with Crippen molar-refractivity contribution in [2.75, 3.05) is 26.2 Å². The molecule has 1 aliphatic carbocycles. The summed E-state index contributed by atoms with van der Waals surface area (Å²) in [6.45, 7) is 5.25. The van der Waals surface area contributed by atoms with Gasteiger partial charge in [-0.15, -0.1) is 0 Å². The number of aromatic nitrogens is 2. The van der Waals surface area contributed by atoms with Crippen LogP contribution in [-0.4, -0.2) is 46.4 Å². The van der Waals surface area contributed by atoms with E-state index >= 15 is 0 Å². The second-order valence-electron chi connectivity index (χ2n) is 8.92. The molecule has 1 aromatic heterocycles. The van der Waals surface area contributed by atoms with Gasteiger partial charge in [-0.1, -0.05) is 44.2 Å². The Labute approximate surface area is 178 Å². The number of imidazole rings is 1.